The molecule has 1 aromatic heterocycles. The Morgan fingerprint density at radius 3 is 2.29 bits per heavy atom. The molecule has 0 unspecified atom stereocenters. The highest BCUT2D eigenvalue weighted by Gasteiger charge is 2.13. The summed E-state index contributed by atoms with van der Waals surface area (Å²) in [4.78, 5) is 12.2. The summed E-state index contributed by atoms with van der Waals surface area (Å²) in [6.45, 7) is 8.37. The fraction of sp³-hybridized carbons (Fsp3) is 0.217. The van der Waals surface area contributed by atoms with Crippen LogP contribution in [0.3, 0.4) is 0 Å². The Morgan fingerprint density at radius 2 is 1.68 bits per heavy atom. The van der Waals surface area contributed by atoms with E-state index in [1.54, 1.807) is 37.6 Å². The molecule has 0 bridgehead atoms. The van der Waals surface area contributed by atoms with Gasteiger partial charge in [0.05, 0.1) is 19.0 Å². The molecule has 5 nitrogen and oxygen atoms in total. The minimum absolute atomic E-state index is 0.262. The average molecular weight is 375 g/mol. The van der Waals surface area contributed by atoms with Crippen molar-refractivity contribution in [2.24, 2.45) is 5.10 Å². The Balaban J connectivity index is 1.80. The van der Waals surface area contributed by atoms with Crippen molar-refractivity contribution in [3.05, 3.63) is 82.2 Å². The van der Waals surface area contributed by atoms with Crippen LogP contribution in [0.4, 0.5) is 0 Å². The zero-order valence-corrected chi connectivity index (χ0v) is 16.9. The molecule has 3 aromatic rings. The third-order valence-electron chi connectivity index (χ3n) is 4.86. The number of carbonyl (C=O) groups is 1. The first-order chi connectivity index (χ1) is 13.4. The molecule has 0 atom stereocenters. The molecule has 0 fully saturated rings. The minimum atomic E-state index is -0.262. The van der Waals surface area contributed by atoms with Gasteiger partial charge in [-0.2, -0.15) is 5.10 Å². The van der Waals surface area contributed by atoms with Crippen molar-refractivity contribution >= 4 is 12.1 Å². The number of aryl methyl sites for hydroxylation is 3. The van der Waals surface area contributed by atoms with E-state index in [-0.39, 0.29) is 5.91 Å². The van der Waals surface area contributed by atoms with Gasteiger partial charge in [0.25, 0.3) is 5.91 Å². The molecule has 28 heavy (non-hydrogen) atoms. The molecular weight excluding hydrogens is 350 g/mol. The molecule has 3 rings (SSSR count). The van der Waals surface area contributed by atoms with Crippen LogP contribution in [0.2, 0.25) is 0 Å². The van der Waals surface area contributed by atoms with E-state index in [2.05, 4.69) is 67.1 Å². The molecule has 2 aromatic carbocycles. The number of amides is 1. The predicted octanol–water partition coefficient (Wildman–Crippen LogP) is 4.48. The third-order valence-corrected chi connectivity index (χ3v) is 4.86. The molecule has 0 saturated heterocycles. The van der Waals surface area contributed by atoms with Gasteiger partial charge in [-0.1, -0.05) is 18.2 Å². The topological polar surface area (TPSA) is 55.6 Å². The first-order valence-electron chi connectivity index (χ1n) is 9.15. The highest BCUT2D eigenvalue weighted by atomic mass is 16.5. The fourth-order valence-corrected chi connectivity index (χ4v) is 3.39. The molecule has 0 aliphatic heterocycles. The van der Waals surface area contributed by atoms with E-state index in [4.69, 9.17) is 4.74 Å². The van der Waals surface area contributed by atoms with E-state index < -0.39 is 0 Å². The van der Waals surface area contributed by atoms with Gasteiger partial charge in [0, 0.05) is 22.5 Å². The number of nitrogens with zero attached hydrogens (tertiary/aromatic N) is 2. The average Bonchev–Trinajstić information content (AvgIpc) is 2.96. The highest BCUT2D eigenvalue weighted by molar-refractivity contribution is 5.95. The normalized spacial score (nSPS) is 11.0. The molecule has 144 valence electrons. The number of hydrogen-bond donors (Lipinski definition) is 1. The van der Waals surface area contributed by atoms with Crippen LogP contribution in [0.25, 0.3) is 5.69 Å². The molecule has 1 amide bonds. The molecule has 0 saturated carbocycles. The summed E-state index contributed by atoms with van der Waals surface area (Å²) < 4.78 is 7.34. The number of para-hydroxylation sites is 1. The molecule has 1 heterocycles. The van der Waals surface area contributed by atoms with Crippen molar-refractivity contribution in [1.82, 2.24) is 9.99 Å². The fourth-order valence-electron chi connectivity index (χ4n) is 3.39. The molecule has 0 aliphatic carbocycles. The number of rotatable bonds is 5. The molecule has 0 radical (unpaired) electrons. The zero-order chi connectivity index (χ0) is 20.3. The quantitative estimate of drug-likeness (QED) is 0.528. The van der Waals surface area contributed by atoms with E-state index in [0.717, 1.165) is 17.0 Å². The largest absolute Gasteiger partial charge is 0.497 e. The van der Waals surface area contributed by atoms with Crippen molar-refractivity contribution < 1.29 is 9.53 Å². The number of carbonyl (C=O) groups excluding carboxylic acids is 1. The summed E-state index contributed by atoms with van der Waals surface area (Å²) >= 11 is 0. The van der Waals surface area contributed by atoms with Crippen molar-refractivity contribution in [1.29, 1.82) is 0 Å². The van der Waals surface area contributed by atoms with E-state index in [0.29, 0.717) is 11.3 Å². The number of nitrogens with one attached hydrogen (secondary N) is 1. The second-order valence-electron chi connectivity index (χ2n) is 6.83. The Labute approximate surface area is 165 Å². The maximum atomic E-state index is 12.2. The first kappa shape index (κ1) is 19.4. The number of benzene rings is 2. The van der Waals surface area contributed by atoms with Crippen LogP contribution >= 0.6 is 0 Å². The smallest absolute Gasteiger partial charge is 0.271 e. The van der Waals surface area contributed by atoms with Gasteiger partial charge < -0.3 is 9.30 Å². The van der Waals surface area contributed by atoms with Gasteiger partial charge in [-0.25, -0.2) is 5.43 Å². The van der Waals surface area contributed by atoms with Crippen LogP contribution in [-0.4, -0.2) is 23.8 Å². The number of aromatic nitrogens is 1. The summed E-state index contributed by atoms with van der Waals surface area (Å²) in [5.74, 6) is 0.446. The summed E-state index contributed by atoms with van der Waals surface area (Å²) in [5.41, 5.74) is 9.92. The number of hydrogen-bond acceptors (Lipinski definition) is 3. The van der Waals surface area contributed by atoms with Gasteiger partial charge in [-0.05, 0) is 69.2 Å². The molecule has 5 heteroatoms. The molecule has 0 spiro atoms. The Bertz CT molecular complexity index is 1010. The van der Waals surface area contributed by atoms with Crippen LogP contribution in [-0.2, 0) is 0 Å². The van der Waals surface area contributed by atoms with Crippen LogP contribution < -0.4 is 10.2 Å². The summed E-state index contributed by atoms with van der Waals surface area (Å²) in [7, 11) is 1.59. The Kier molecular flexibility index (Phi) is 5.64. The SMILES string of the molecule is COc1ccc(C(=O)N/N=C\c2cc(C)n(-c3c(C)cccc3C)c2C)cc1. The number of hydrazone groups is 1. The van der Waals surface area contributed by atoms with Gasteiger partial charge in [-0.15, -0.1) is 0 Å². The van der Waals surface area contributed by atoms with Gasteiger partial charge in [0.15, 0.2) is 0 Å². The maximum Gasteiger partial charge on any atom is 0.271 e. The molecular formula is C23H25N3O2. The second kappa shape index (κ2) is 8.13. The van der Waals surface area contributed by atoms with Crippen molar-refractivity contribution in [2.75, 3.05) is 7.11 Å². The van der Waals surface area contributed by atoms with E-state index in [9.17, 15) is 4.79 Å². The lowest BCUT2D eigenvalue weighted by Crippen LogP contribution is -2.17. The maximum absolute atomic E-state index is 12.2. The Morgan fingerprint density at radius 1 is 1.04 bits per heavy atom. The van der Waals surface area contributed by atoms with Crippen LogP contribution in [0.5, 0.6) is 5.75 Å². The van der Waals surface area contributed by atoms with Crippen molar-refractivity contribution in [2.45, 2.75) is 27.7 Å². The monoisotopic (exact) mass is 375 g/mol. The summed E-state index contributed by atoms with van der Waals surface area (Å²) in [6.07, 6.45) is 1.69. The lowest BCUT2D eigenvalue weighted by molar-refractivity contribution is 0.0955. The van der Waals surface area contributed by atoms with Gasteiger partial charge in [-0.3, -0.25) is 4.79 Å². The Hall–Kier alpha value is -3.34. The van der Waals surface area contributed by atoms with Crippen LogP contribution in [0, 0.1) is 27.7 Å². The van der Waals surface area contributed by atoms with E-state index in [1.165, 1.54) is 16.8 Å². The van der Waals surface area contributed by atoms with E-state index >= 15 is 0 Å². The van der Waals surface area contributed by atoms with E-state index in [1.807, 2.05) is 0 Å². The predicted molar refractivity (Wildman–Crippen MR) is 113 cm³/mol. The van der Waals surface area contributed by atoms with Crippen LogP contribution in [0.1, 0.15) is 38.4 Å². The van der Waals surface area contributed by atoms with Gasteiger partial charge in [0.1, 0.15) is 5.75 Å². The lowest BCUT2D eigenvalue weighted by Gasteiger charge is -2.15. The standard InChI is InChI=1S/C23H25N3O2/c1-15-7-6-8-16(2)22(15)26-17(3)13-20(18(26)4)14-24-25-23(27)19-9-11-21(28-5)12-10-19/h6-14H,1-5H3,(H,25,27)/b24-14-. The zero-order valence-electron chi connectivity index (χ0n) is 16.9. The second-order valence-corrected chi connectivity index (χ2v) is 6.83. The lowest BCUT2D eigenvalue weighted by atomic mass is 10.1. The number of ether oxygens (including phenoxy) is 1. The molecule has 1 N–H and O–H groups in total. The van der Waals surface area contributed by atoms with Gasteiger partial charge >= 0.3 is 0 Å². The minimum Gasteiger partial charge on any atom is -0.497 e. The highest BCUT2D eigenvalue weighted by Crippen LogP contribution is 2.25. The third kappa shape index (κ3) is 3.83. The summed E-state index contributed by atoms with van der Waals surface area (Å²) in [5, 5.41) is 4.15. The molecule has 0 aliphatic rings. The summed E-state index contributed by atoms with van der Waals surface area (Å²) in [6, 6.07) is 15.3. The number of methoxy groups -OCH3 is 1. The van der Waals surface area contributed by atoms with Crippen molar-refractivity contribution in [3.8, 4) is 11.4 Å². The van der Waals surface area contributed by atoms with Gasteiger partial charge in [0.2, 0.25) is 0 Å². The first-order valence-corrected chi connectivity index (χ1v) is 9.15. The van der Waals surface area contributed by atoms with Crippen LogP contribution in [0.15, 0.2) is 53.6 Å². The van der Waals surface area contributed by atoms with Crippen molar-refractivity contribution in [3.63, 3.8) is 0 Å².